The van der Waals surface area contributed by atoms with E-state index in [2.05, 4.69) is 0 Å². The van der Waals surface area contributed by atoms with Crippen LogP contribution in [0.2, 0.25) is 0 Å². The van der Waals surface area contributed by atoms with Crippen LogP contribution in [0, 0.1) is 17.6 Å². The Balaban J connectivity index is 2.14. The van der Waals surface area contributed by atoms with Crippen molar-refractivity contribution in [2.45, 2.75) is 12.8 Å². The highest BCUT2D eigenvalue weighted by Gasteiger charge is 2.24. The molecule has 0 amide bonds. The van der Waals surface area contributed by atoms with E-state index in [4.69, 9.17) is 4.74 Å². The van der Waals surface area contributed by atoms with Crippen LogP contribution in [-0.2, 0) is 16.0 Å². The second-order valence-electron chi connectivity index (χ2n) is 3.91. The summed E-state index contributed by atoms with van der Waals surface area (Å²) in [6.07, 6.45) is 0.573. The number of rotatable bonds is 2. The maximum Gasteiger partial charge on any atom is 0.162 e. The molecule has 2 nitrogen and oxygen atoms in total. The molecular weight excluding hydrogens is 214 g/mol. The summed E-state index contributed by atoms with van der Waals surface area (Å²) in [5.74, 6) is -2.01. The lowest BCUT2D eigenvalue weighted by atomic mass is 9.93. The van der Waals surface area contributed by atoms with Crippen molar-refractivity contribution in [3.8, 4) is 0 Å². The summed E-state index contributed by atoms with van der Waals surface area (Å²) in [4.78, 5) is 11.5. The van der Waals surface area contributed by atoms with Gasteiger partial charge in [-0.15, -0.1) is 0 Å². The van der Waals surface area contributed by atoms with E-state index in [0.717, 1.165) is 6.07 Å². The zero-order valence-corrected chi connectivity index (χ0v) is 8.71. The largest absolute Gasteiger partial charge is 0.380 e. The topological polar surface area (TPSA) is 26.3 Å². The summed E-state index contributed by atoms with van der Waals surface area (Å²) in [5.41, 5.74) is 0.240. The number of carbonyl (C=O) groups excluding carboxylic acids is 1. The summed E-state index contributed by atoms with van der Waals surface area (Å²) in [6.45, 7) is 0.732. The van der Waals surface area contributed by atoms with E-state index < -0.39 is 11.6 Å². The van der Waals surface area contributed by atoms with Gasteiger partial charge in [-0.05, 0) is 18.1 Å². The first-order valence-corrected chi connectivity index (χ1v) is 5.22. The third-order valence-corrected chi connectivity index (χ3v) is 2.77. The Labute approximate surface area is 92.2 Å². The molecule has 1 heterocycles. The summed E-state index contributed by atoms with van der Waals surface area (Å²) >= 11 is 0. The standard InChI is InChI=1S/C12H12F2O2/c13-10-3-1-2-8(12(10)14)6-9-7-16-5-4-11(9)15/h1-3,9H,4-7H2. The molecule has 4 heteroatoms. The molecule has 1 atom stereocenters. The van der Waals surface area contributed by atoms with E-state index in [-0.39, 0.29) is 23.7 Å². The third-order valence-electron chi connectivity index (χ3n) is 2.77. The lowest BCUT2D eigenvalue weighted by Gasteiger charge is -2.21. The first kappa shape index (κ1) is 11.2. The number of Topliss-reactive ketones (excluding diaryl/α,β-unsaturated/α-hetero) is 1. The highest BCUT2D eigenvalue weighted by molar-refractivity contribution is 5.82. The van der Waals surface area contributed by atoms with Crippen molar-refractivity contribution in [1.29, 1.82) is 0 Å². The van der Waals surface area contributed by atoms with Gasteiger partial charge < -0.3 is 4.74 Å². The molecule has 0 saturated carbocycles. The normalized spacial score (nSPS) is 21.1. The predicted octanol–water partition coefficient (Wildman–Crippen LogP) is 2.11. The smallest absolute Gasteiger partial charge is 0.162 e. The zero-order valence-electron chi connectivity index (χ0n) is 8.71. The van der Waals surface area contributed by atoms with Gasteiger partial charge >= 0.3 is 0 Å². The number of hydrogen-bond acceptors (Lipinski definition) is 2. The monoisotopic (exact) mass is 226 g/mol. The van der Waals surface area contributed by atoms with Gasteiger partial charge in [0.15, 0.2) is 11.6 Å². The minimum absolute atomic E-state index is 0.0647. The SMILES string of the molecule is O=C1CCOCC1Cc1cccc(F)c1F. The second-order valence-corrected chi connectivity index (χ2v) is 3.91. The highest BCUT2D eigenvalue weighted by Crippen LogP contribution is 2.19. The van der Waals surface area contributed by atoms with Crippen LogP contribution in [0.25, 0.3) is 0 Å². The van der Waals surface area contributed by atoms with Crippen molar-refractivity contribution >= 4 is 5.78 Å². The second kappa shape index (κ2) is 4.70. The summed E-state index contributed by atoms with van der Waals surface area (Å²) in [7, 11) is 0. The maximum absolute atomic E-state index is 13.4. The average molecular weight is 226 g/mol. The summed E-state index contributed by atoms with van der Waals surface area (Å²) in [5, 5.41) is 0. The third kappa shape index (κ3) is 2.27. The van der Waals surface area contributed by atoms with Gasteiger partial charge in [-0.3, -0.25) is 4.79 Å². The number of ketones is 1. The van der Waals surface area contributed by atoms with Gasteiger partial charge in [-0.1, -0.05) is 12.1 Å². The van der Waals surface area contributed by atoms with Crippen LogP contribution in [0.3, 0.4) is 0 Å². The molecule has 86 valence electrons. The molecule has 16 heavy (non-hydrogen) atoms. The fourth-order valence-corrected chi connectivity index (χ4v) is 1.84. The molecule has 1 aliphatic heterocycles. The molecule has 1 aromatic rings. The molecule has 0 aromatic heterocycles. The van der Waals surface area contributed by atoms with E-state index in [1.165, 1.54) is 12.1 Å². The summed E-state index contributed by atoms with van der Waals surface area (Å²) < 4.78 is 31.5. The Morgan fingerprint density at radius 3 is 2.94 bits per heavy atom. The molecule has 1 unspecified atom stereocenters. The van der Waals surface area contributed by atoms with Crippen LogP contribution in [0.15, 0.2) is 18.2 Å². The van der Waals surface area contributed by atoms with E-state index in [1.807, 2.05) is 0 Å². The summed E-state index contributed by atoms with van der Waals surface area (Å²) in [6, 6.07) is 4.01. The fourth-order valence-electron chi connectivity index (χ4n) is 1.84. The van der Waals surface area contributed by atoms with Gasteiger partial charge in [-0.2, -0.15) is 0 Å². The first-order chi connectivity index (χ1) is 7.68. The molecule has 0 N–H and O–H groups in total. The van der Waals surface area contributed by atoms with E-state index >= 15 is 0 Å². The number of hydrogen-bond donors (Lipinski definition) is 0. The average Bonchev–Trinajstić information content (AvgIpc) is 2.28. The maximum atomic E-state index is 13.4. The molecule has 0 spiro atoms. The van der Waals surface area contributed by atoms with Crippen LogP contribution < -0.4 is 0 Å². The Kier molecular flexibility index (Phi) is 3.29. The molecule has 0 bridgehead atoms. The molecule has 0 aliphatic carbocycles. The van der Waals surface area contributed by atoms with E-state index in [9.17, 15) is 13.6 Å². The molecule has 1 saturated heterocycles. The van der Waals surface area contributed by atoms with Gasteiger partial charge in [0.2, 0.25) is 0 Å². The van der Waals surface area contributed by atoms with Gasteiger partial charge in [-0.25, -0.2) is 8.78 Å². The molecule has 1 fully saturated rings. The lowest BCUT2D eigenvalue weighted by Crippen LogP contribution is -2.29. The highest BCUT2D eigenvalue weighted by atomic mass is 19.2. The minimum Gasteiger partial charge on any atom is -0.380 e. The van der Waals surface area contributed by atoms with Gasteiger partial charge in [0, 0.05) is 12.3 Å². The molecule has 1 aromatic carbocycles. The predicted molar refractivity (Wildman–Crippen MR) is 54.0 cm³/mol. The van der Waals surface area contributed by atoms with Crippen LogP contribution in [0.1, 0.15) is 12.0 Å². The van der Waals surface area contributed by atoms with Crippen molar-refractivity contribution in [3.63, 3.8) is 0 Å². The molecule has 0 radical (unpaired) electrons. The van der Waals surface area contributed by atoms with E-state index in [0.29, 0.717) is 19.6 Å². The number of benzene rings is 1. The molecular formula is C12H12F2O2. The van der Waals surface area contributed by atoms with Gasteiger partial charge in [0.25, 0.3) is 0 Å². The van der Waals surface area contributed by atoms with Crippen LogP contribution >= 0.6 is 0 Å². The minimum atomic E-state index is -0.873. The van der Waals surface area contributed by atoms with E-state index in [1.54, 1.807) is 0 Å². The molecule has 1 aliphatic rings. The number of halogens is 2. The van der Waals surface area contributed by atoms with Crippen LogP contribution in [-0.4, -0.2) is 19.0 Å². The number of carbonyl (C=O) groups is 1. The Bertz CT molecular complexity index is 404. The van der Waals surface area contributed by atoms with Crippen molar-refractivity contribution in [2.75, 3.05) is 13.2 Å². The zero-order chi connectivity index (χ0) is 11.5. The quantitative estimate of drug-likeness (QED) is 0.772. The first-order valence-electron chi connectivity index (χ1n) is 5.22. The fraction of sp³-hybridized carbons (Fsp3) is 0.417. The van der Waals surface area contributed by atoms with Crippen LogP contribution in [0.5, 0.6) is 0 Å². The van der Waals surface area contributed by atoms with Crippen molar-refractivity contribution in [1.82, 2.24) is 0 Å². The Morgan fingerprint density at radius 1 is 1.38 bits per heavy atom. The Morgan fingerprint density at radius 2 is 2.19 bits per heavy atom. The van der Waals surface area contributed by atoms with Gasteiger partial charge in [0.1, 0.15) is 5.78 Å². The molecule has 2 rings (SSSR count). The lowest BCUT2D eigenvalue weighted by molar-refractivity contribution is -0.130. The van der Waals surface area contributed by atoms with Gasteiger partial charge in [0.05, 0.1) is 13.2 Å². The van der Waals surface area contributed by atoms with Crippen molar-refractivity contribution in [2.24, 2.45) is 5.92 Å². The van der Waals surface area contributed by atoms with Crippen molar-refractivity contribution < 1.29 is 18.3 Å². The van der Waals surface area contributed by atoms with Crippen LogP contribution in [0.4, 0.5) is 8.78 Å². The Hall–Kier alpha value is -1.29. The number of ether oxygens (including phenoxy) is 1. The van der Waals surface area contributed by atoms with Crippen molar-refractivity contribution in [3.05, 3.63) is 35.4 Å².